The maximum atomic E-state index is 11.6. The molecular weight excluding hydrogens is 179 g/mol. The lowest BCUT2D eigenvalue weighted by molar-refractivity contribution is -0.145. The van der Waals surface area contributed by atoms with Gasteiger partial charge in [0.1, 0.15) is 0 Å². The summed E-state index contributed by atoms with van der Waals surface area (Å²) < 4.78 is 38.5. The molecule has 2 N–H and O–H groups in total. The number of carbonyl (C=O) groups excluding carboxylic acids is 1. The third-order valence-electron chi connectivity index (χ3n) is 0.526. The topological polar surface area (TPSA) is 83.8 Å². The van der Waals surface area contributed by atoms with E-state index in [9.17, 15) is 9.18 Å². The Hall–Kier alpha value is -0.530. The second kappa shape index (κ2) is 7.58. The van der Waals surface area contributed by atoms with Crippen LogP contribution in [0.4, 0.5) is 4.39 Å². The fourth-order valence-corrected chi connectivity index (χ4v) is 0.162. The molecule has 0 radical (unpaired) electrons. The molecule has 0 aromatic rings. The number of hydrogen-bond acceptors (Lipinski definition) is 3. The number of esters is 1. The molecule has 0 bridgehead atoms. The molecule has 0 spiro atoms. The van der Waals surface area contributed by atoms with E-state index in [4.69, 9.17) is 13.3 Å². The zero-order valence-corrected chi connectivity index (χ0v) is 6.80. The smallest absolute Gasteiger partial charge is 0.340 e. The average molecular weight is 188 g/mol. The van der Waals surface area contributed by atoms with E-state index in [2.05, 4.69) is 4.74 Å². The fraction of sp³-hybridized carbons (Fsp3) is 0.750. The first-order valence-electron chi connectivity index (χ1n) is 2.43. The van der Waals surface area contributed by atoms with E-state index in [1.165, 1.54) is 0 Å². The molecule has 0 aromatic carbocycles. The molecule has 1 atom stereocenters. The molecule has 68 valence electrons. The minimum Gasteiger partial charge on any atom is -0.467 e. The number of rotatable bonds is 1. The summed E-state index contributed by atoms with van der Waals surface area (Å²) in [5.74, 6) is -0.819. The molecule has 0 aliphatic heterocycles. The monoisotopic (exact) mass is 188 g/mol. The van der Waals surface area contributed by atoms with Crippen molar-refractivity contribution in [1.82, 2.24) is 0 Å². The highest BCUT2D eigenvalue weighted by Crippen LogP contribution is 1.88. The zero-order chi connectivity index (χ0) is 9.44. The SMILES string of the molecule is COC(=O)[C@H](C)F.O=S(O)O. The van der Waals surface area contributed by atoms with Gasteiger partial charge < -0.3 is 4.74 Å². The molecule has 0 heterocycles. The molecule has 0 aliphatic carbocycles. The van der Waals surface area contributed by atoms with Crippen LogP contribution in [0.15, 0.2) is 0 Å². The highest BCUT2D eigenvalue weighted by molar-refractivity contribution is 7.73. The fourth-order valence-electron chi connectivity index (χ4n) is 0.162. The summed E-state index contributed by atoms with van der Waals surface area (Å²) in [4.78, 5) is 9.91. The molecule has 0 aliphatic rings. The Balaban J connectivity index is 0. The highest BCUT2D eigenvalue weighted by Gasteiger charge is 2.08. The van der Waals surface area contributed by atoms with E-state index in [1.54, 1.807) is 0 Å². The van der Waals surface area contributed by atoms with Gasteiger partial charge in [-0.05, 0) is 6.92 Å². The lowest BCUT2D eigenvalue weighted by atomic mass is 10.5. The molecule has 0 unspecified atom stereocenters. The predicted octanol–water partition coefficient (Wildman–Crippen LogP) is 0.198. The molecular formula is C4H9FO5S. The second-order valence-electron chi connectivity index (χ2n) is 1.37. The summed E-state index contributed by atoms with van der Waals surface area (Å²) in [6.07, 6.45) is -1.50. The number of methoxy groups -OCH3 is 1. The summed E-state index contributed by atoms with van der Waals surface area (Å²) in [7, 11) is 1.15. The molecule has 0 fully saturated rings. The third kappa shape index (κ3) is 17.7. The number of alkyl halides is 1. The van der Waals surface area contributed by atoms with Crippen molar-refractivity contribution in [1.29, 1.82) is 0 Å². The first-order chi connectivity index (χ1) is 4.91. The molecule has 0 amide bonds. The summed E-state index contributed by atoms with van der Waals surface area (Å²) in [6.45, 7) is 1.13. The van der Waals surface area contributed by atoms with Crippen LogP contribution in [-0.2, 0) is 20.9 Å². The second-order valence-corrected chi connectivity index (χ2v) is 1.83. The predicted molar refractivity (Wildman–Crippen MR) is 36.0 cm³/mol. The van der Waals surface area contributed by atoms with E-state index < -0.39 is 23.5 Å². The quantitative estimate of drug-likeness (QED) is 0.453. The van der Waals surface area contributed by atoms with E-state index in [-0.39, 0.29) is 0 Å². The van der Waals surface area contributed by atoms with Crippen LogP contribution in [0.25, 0.3) is 0 Å². The normalized spacial score (nSPS) is 11.5. The van der Waals surface area contributed by atoms with Crippen LogP contribution >= 0.6 is 0 Å². The van der Waals surface area contributed by atoms with Crippen LogP contribution in [0, 0.1) is 0 Å². The Labute approximate surface area is 65.7 Å². The van der Waals surface area contributed by atoms with Gasteiger partial charge in [0.15, 0.2) is 6.17 Å². The average Bonchev–Trinajstić information content (AvgIpc) is 1.85. The molecule has 0 saturated carbocycles. The first-order valence-corrected chi connectivity index (χ1v) is 3.50. The minimum atomic E-state index is -2.61. The van der Waals surface area contributed by atoms with Gasteiger partial charge in [0.2, 0.25) is 0 Å². The van der Waals surface area contributed by atoms with Crippen molar-refractivity contribution >= 4 is 17.3 Å². The lowest BCUT2D eigenvalue weighted by Crippen LogP contribution is -2.12. The van der Waals surface area contributed by atoms with Crippen molar-refractivity contribution in [2.75, 3.05) is 7.11 Å². The Morgan fingerprint density at radius 1 is 1.64 bits per heavy atom. The zero-order valence-electron chi connectivity index (χ0n) is 5.98. The molecule has 7 heteroatoms. The Bertz CT molecular complexity index is 132. The summed E-state index contributed by atoms with van der Waals surface area (Å²) >= 11 is -2.61. The first kappa shape index (κ1) is 13.1. The minimum absolute atomic E-state index is 0.819. The maximum absolute atomic E-state index is 11.6. The number of carbonyl (C=O) groups is 1. The number of halogens is 1. The van der Waals surface area contributed by atoms with Crippen LogP contribution < -0.4 is 0 Å². The van der Waals surface area contributed by atoms with Gasteiger partial charge in [-0.3, -0.25) is 9.11 Å². The van der Waals surface area contributed by atoms with Crippen molar-refractivity contribution in [2.24, 2.45) is 0 Å². The largest absolute Gasteiger partial charge is 0.467 e. The molecule has 5 nitrogen and oxygen atoms in total. The van der Waals surface area contributed by atoms with E-state index >= 15 is 0 Å². The van der Waals surface area contributed by atoms with Crippen molar-refractivity contribution < 1.29 is 27.2 Å². The number of ether oxygens (including phenoxy) is 1. The highest BCUT2D eigenvalue weighted by atomic mass is 32.2. The Morgan fingerprint density at radius 3 is 1.91 bits per heavy atom. The van der Waals surface area contributed by atoms with E-state index in [1.807, 2.05) is 0 Å². The van der Waals surface area contributed by atoms with Crippen molar-refractivity contribution in [2.45, 2.75) is 13.1 Å². The van der Waals surface area contributed by atoms with Gasteiger partial charge in [-0.25, -0.2) is 9.18 Å². The number of hydrogen-bond donors (Lipinski definition) is 2. The molecule has 11 heavy (non-hydrogen) atoms. The van der Waals surface area contributed by atoms with E-state index in [0.717, 1.165) is 14.0 Å². The van der Waals surface area contributed by atoms with Gasteiger partial charge in [0.25, 0.3) is 11.4 Å². The van der Waals surface area contributed by atoms with Crippen LogP contribution in [0.2, 0.25) is 0 Å². The van der Waals surface area contributed by atoms with Crippen molar-refractivity contribution in [3.8, 4) is 0 Å². The van der Waals surface area contributed by atoms with Crippen LogP contribution in [-0.4, -0.2) is 32.6 Å². The molecule has 0 saturated heterocycles. The van der Waals surface area contributed by atoms with Gasteiger partial charge in [-0.2, -0.15) is 4.21 Å². The van der Waals surface area contributed by atoms with Gasteiger partial charge in [-0.1, -0.05) is 0 Å². The van der Waals surface area contributed by atoms with Crippen LogP contribution in [0.1, 0.15) is 6.92 Å². The van der Waals surface area contributed by atoms with Gasteiger partial charge >= 0.3 is 5.97 Å². The van der Waals surface area contributed by atoms with Crippen LogP contribution in [0.3, 0.4) is 0 Å². The van der Waals surface area contributed by atoms with Gasteiger partial charge in [0, 0.05) is 0 Å². The Kier molecular flexibility index (Phi) is 9.01. The molecule has 0 aromatic heterocycles. The lowest BCUT2D eigenvalue weighted by Gasteiger charge is -1.94. The van der Waals surface area contributed by atoms with Crippen molar-refractivity contribution in [3.05, 3.63) is 0 Å². The third-order valence-corrected chi connectivity index (χ3v) is 0.526. The van der Waals surface area contributed by atoms with Crippen LogP contribution in [0.5, 0.6) is 0 Å². The summed E-state index contributed by atoms with van der Waals surface area (Å²) in [5.41, 5.74) is 0. The van der Waals surface area contributed by atoms with Gasteiger partial charge in [0.05, 0.1) is 7.11 Å². The summed E-state index contributed by atoms with van der Waals surface area (Å²) in [5, 5.41) is 0. The van der Waals surface area contributed by atoms with Gasteiger partial charge in [-0.15, -0.1) is 0 Å². The standard InChI is InChI=1S/C4H7FO2.H2O3S/c1-3(5)4(6)7-2;1-4(2)3/h3H,1-2H3;(H2,1,2,3)/t3-;/m0./s1. The van der Waals surface area contributed by atoms with E-state index in [0.29, 0.717) is 0 Å². The summed E-state index contributed by atoms with van der Waals surface area (Å²) in [6, 6.07) is 0. The molecule has 0 rings (SSSR count). The maximum Gasteiger partial charge on any atom is 0.340 e. The van der Waals surface area contributed by atoms with Crippen molar-refractivity contribution in [3.63, 3.8) is 0 Å². The Morgan fingerprint density at radius 2 is 1.91 bits per heavy atom.